The van der Waals surface area contributed by atoms with E-state index in [1.807, 2.05) is 36.5 Å². The van der Waals surface area contributed by atoms with E-state index >= 15 is 0 Å². The van der Waals surface area contributed by atoms with Crippen LogP contribution in [0.2, 0.25) is 0 Å². The lowest BCUT2D eigenvalue weighted by atomic mass is 9.96. The van der Waals surface area contributed by atoms with Crippen molar-refractivity contribution in [3.63, 3.8) is 0 Å². The number of nitrogens with two attached hydrogens (primary N) is 1. The summed E-state index contributed by atoms with van der Waals surface area (Å²) in [6, 6.07) is 13.5. The van der Waals surface area contributed by atoms with Crippen LogP contribution in [0.4, 0.5) is 17.2 Å². The Kier molecular flexibility index (Phi) is 6.38. The highest BCUT2D eigenvalue weighted by Crippen LogP contribution is 2.33. The molecule has 8 heteroatoms. The van der Waals surface area contributed by atoms with E-state index in [0.717, 1.165) is 56.6 Å². The lowest BCUT2D eigenvalue weighted by Crippen LogP contribution is -2.41. The first-order valence-corrected chi connectivity index (χ1v) is 12.1. The summed E-state index contributed by atoms with van der Waals surface area (Å²) in [7, 11) is 2.14. The van der Waals surface area contributed by atoms with Gasteiger partial charge in [-0.1, -0.05) is 12.1 Å². The van der Waals surface area contributed by atoms with Crippen LogP contribution in [0.1, 0.15) is 38.5 Å². The average molecular weight is 461 g/mol. The zero-order chi connectivity index (χ0) is 23.5. The number of para-hydroxylation sites is 1. The van der Waals surface area contributed by atoms with Crippen LogP contribution in [0.3, 0.4) is 0 Å². The molecule has 0 spiro atoms. The standard InChI is InChI=1S/C26H32N6O2/c1-31(18-12-13-28-25(15-18)34-20-8-6-9-20)19-7-4-5-14-32(17-19)23-16-22(29-30-26(23)27)21-10-2-3-11-24(21)33/h2-3,10-13,15-16,19-20,33H,4-9,14,17H2,1H3,(H2,27,30). The number of nitrogen functional groups attached to an aromatic ring is 1. The fraction of sp³-hybridized carbons (Fsp3) is 0.423. The second kappa shape index (κ2) is 9.75. The first kappa shape index (κ1) is 22.3. The van der Waals surface area contributed by atoms with E-state index in [0.29, 0.717) is 35.1 Å². The summed E-state index contributed by atoms with van der Waals surface area (Å²) in [5.74, 6) is 1.29. The molecule has 1 aliphatic heterocycles. The number of phenols is 1. The largest absolute Gasteiger partial charge is 0.507 e. The topological polar surface area (TPSA) is 101 Å². The molecule has 0 amide bonds. The second-order valence-corrected chi connectivity index (χ2v) is 9.25. The maximum atomic E-state index is 10.3. The maximum absolute atomic E-state index is 10.3. The summed E-state index contributed by atoms with van der Waals surface area (Å²) in [5.41, 5.74) is 9.51. The van der Waals surface area contributed by atoms with Crippen molar-refractivity contribution in [2.24, 2.45) is 0 Å². The number of likely N-dealkylation sites (N-methyl/N-ethyl adjacent to an activating group) is 1. The van der Waals surface area contributed by atoms with Crippen molar-refractivity contribution in [3.8, 4) is 22.9 Å². The molecule has 178 valence electrons. The molecular formula is C26H32N6O2. The van der Waals surface area contributed by atoms with E-state index in [1.165, 1.54) is 6.42 Å². The van der Waals surface area contributed by atoms with E-state index < -0.39 is 0 Å². The SMILES string of the molecule is CN(c1ccnc(OC2CCC2)c1)C1CCCCN(c2cc(-c3ccccc3O)nnc2N)C1. The molecule has 1 atom stereocenters. The molecule has 3 heterocycles. The van der Waals surface area contributed by atoms with E-state index in [4.69, 9.17) is 10.5 Å². The van der Waals surface area contributed by atoms with Gasteiger partial charge in [0.1, 0.15) is 11.9 Å². The highest BCUT2D eigenvalue weighted by molar-refractivity contribution is 5.74. The number of aromatic hydroxyl groups is 1. The van der Waals surface area contributed by atoms with E-state index in [2.05, 4.69) is 32.0 Å². The molecule has 3 aromatic rings. The number of anilines is 3. The molecule has 2 aliphatic rings. The number of pyridine rings is 1. The third-order valence-electron chi connectivity index (χ3n) is 6.98. The summed E-state index contributed by atoms with van der Waals surface area (Å²) >= 11 is 0. The van der Waals surface area contributed by atoms with Crippen LogP contribution in [0.25, 0.3) is 11.3 Å². The predicted molar refractivity (Wildman–Crippen MR) is 134 cm³/mol. The molecule has 34 heavy (non-hydrogen) atoms. The third-order valence-corrected chi connectivity index (χ3v) is 6.98. The number of rotatable bonds is 6. The zero-order valence-corrected chi connectivity index (χ0v) is 19.6. The minimum Gasteiger partial charge on any atom is -0.507 e. The third kappa shape index (κ3) is 4.71. The Balaban J connectivity index is 1.37. The van der Waals surface area contributed by atoms with Gasteiger partial charge in [-0.25, -0.2) is 4.98 Å². The van der Waals surface area contributed by atoms with Gasteiger partial charge in [0, 0.05) is 49.7 Å². The van der Waals surface area contributed by atoms with Gasteiger partial charge in [-0.2, -0.15) is 0 Å². The quantitative estimate of drug-likeness (QED) is 0.563. The van der Waals surface area contributed by atoms with Crippen molar-refractivity contribution < 1.29 is 9.84 Å². The van der Waals surface area contributed by atoms with Crippen LogP contribution in [0.5, 0.6) is 11.6 Å². The molecule has 2 fully saturated rings. The van der Waals surface area contributed by atoms with Crippen LogP contribution in [-0.2, 0) is 0 Å². The van der Waals surface area contributed by atoms with Crippen molar-refractivity contribution in [1.82, 2.24) is 15.2 Å². The summed E-state index contributed by atoms with van der Waals surface area (Å²) in [6.07, 6.45) is 8.89. The van der Waals surface area contributed by atoms with E-state index in [9.17, 15) is 5.11 Å². The Bertz CT molecular complexity index is 1140. The van der Waals surface area contributed by atoms with Crippen molar-refractivity contribution in [3.05, 3.63) is 48.7 Å². The van der Waals surface area contributed by atoms with Crippen molar-refractivity contribution in [1.29, 1.82) is 0 Å². The van der Waals surface area contributed by atoms with Gasteiger partial charge in [0.15, 0.2) is 5.82 Å². The normalized spacial score (nSPS) is 18.7. The second-order valence-electron chi connectivity index (χ2n) is 9.25. The first-order chi connectivity index (χ1) is 16.6. The summed E-state index contributed by atoms with van der Waals surface area (Å²) in [5, 5.41) is 18.7. The lowest BCUT2D eigenvalue weighted by molar-refractivity contribution is 0.114. The summed E-state index contributed by atoms with van der Waals surface area (Å²) in [4.78, 5) is 9.04. The molecule has 0 radical (unpaired) electrons. The van der Waals surface area contributed by atoms with Gasteiger partial charge in [-0.3, -0.25) is 0 Å². The fourth-order valence-electron chi connectivity index (χ4n) is 4.67. The molecule has 5 rings (SSSR count). The van der Waals surface area contributed by atoms with Gasteiger partial charge in [-0.15, -0.1) is 10.2 Å². The number of benzene rings is 1. The van der Waals surface area contributed by atoms with Gasteiger partial charge in [0.2, 0.25) is 5.88 Å². The van der Waals surface area contributed by atoms with Crippen LogP contribution in [-0.4, -0.2) is 52.6 Å². The monoisotopic (exact) mass is 460 g/mol. The van der Waals surface area contributed by atoms with Gasteiger partial charge < -0.3 is 25.4 Å². The number of phenolic OH excluding ortho intramolecular Hbond substituents is 1. The maximum Gasteiger partial charge on any atom is 0.215 e. The Morgan fingerprint density at radius 1 is 1.06 bits per heavy atom. The highest BCUT2D eigenvalue weighted by Gasteiger charge is 2.25. The minimum absolute atomic E-state index is 0.179. The van der Waals surface area contributed by atoms with Crippen molar-refractivity contribution in [2.45, 2.75) is 50.7 Å². The molecule has 1 aromatic carbocycles. The number of aromatic nitrogens is 3. The lowest BCUT2D eigenvalue weighted by Gasteiger charge is -2.34. The predicted octanol–water partition coefficient (Wildman–Crippen LogP) is 4.25. The van der Waals surface area contributed by atoms with Gasteiger partial charge >= 0.3 is 0 Å². The molecule has 8 nitrogen and oxygen atoms in total. The Morgan fingerprint density at radius 2 is 1.91 bits per heavy atom. The molecule has 2 aromatic heterocycles. The summed E-state index contributed by atoms with van der Waals surface area (Å²) in [6.45, 7) is 1.71. The zero-order valence-electron chi connectivity index (χ0n) is 19.6. The number of hydrogen-bond acceptors (Lipinski definition) is 8. The first-order valence-electron chi connectivity index (χ1n) is 12.1. The molecule has 3 N–H and O–H groups in total. The Labute approximate surface area is 200 Å². The Morgan fingerprint density at radius 3 is 2.71 bits per heavy atom. The van der Waals surface area contributed by atoms with Crippen LogP contribution in [0.15, 0.2) is 48.7 Å². The molecule has 1 saturated carbocycles. The van der Waals surface area contributed by atoms with Gasteiger partial charge in [0.25, 0.3) is 0 Å². The van der Waals surface area contributed by atoms with Crippen LogP contribution in [0, 0.1) is 0 Å². The van der Waals surface area contributed by atoms with Gasteiger partial charge in [0.05, 0.1) is 11.4 Å². The number of nitrogens with zero attached hydrogens (tertiary/aromatic N) is 5. The molecule has 1 aliphatic carbocycles. The Hall–Kier alpha value is -3.55. The van der Waals surface area contributed by atoms with Crippen molar-refractivity contribution in [2.75, 3.05) is 35.7 Å². The molecule has 1 unspecified atom stereocenters. The average Bonchev–Trinajstić information content (AvgIpc) is 3.08. The van der Waals surface area contributed by atoms with Crippen molar-refractivity contribution >= 4 is 17.2 Å². The highest BCUT2D eigenvalue weighted by atomic mass is 16.5. The molecular weight excluding hydrogens is 428 g/mol. The smallest absolute Gasteiger partial charge is 0.215 e. The van der Waals surface area contributed by atoms with E-state index in [1.54, 1.807) is 12.1 Å². The minimum atomic E-state index is 0.179. The molecule has 1 saturated heterocycles. The number of hydrogen-bond donors (Lipinski definition) is 2. The van der Waals surface area contributed by atoms with Gasteiger partial charge in [-0.05, 0) is 62.8 Å². The van der Waals surface area contributed by atoms with E-state index in [-0.39, 0.29) is 5.75 Å². The summed E-state index contributed by atoms with van der Waals surface area (Å²) < 4.78 is 6.02. The fourth-order valence-corrected chi connectivity index (χ4v) is 4.67. The van der Waals surface area contributed by atoms with Crippen LogP contribution < -0.4 is 20.3 Å². The number of ether oxygens (including phenoxy) is 1. The van der Waals surface area contributed by atoms with Crippen LogP contribution >= 0.6 is 0 Å². The molecule has 0 bridgehead atoms.